The highest BCUT2D eigenvalue weighted by molar-refractivity contribution is 5.97. The van der Waals surface area contributed by atoms with Crippen LogP contribution in [0.2, 0.25) is 0 Å². The molecule has 1 atom stereocenters. The molecule has 0 fully saturated rings. The van der Waals surface area contributed by atoms with Gasteiger partial charge in [0, 0.05) is 5.69 Å². The van der Waals surface area contributed by atoms with Gasteiger partial charge in [-0.25, -0.2) is 4.79 Å². The normalized spacial score (nSPS) is 11.8. The fourth-order valence-corrected chi connectivity index (χ4v) is 1.25. The van der Waals surface area contributed by atoms with Gasteiger partial charge in [-0.3, -0.25) is 4.79 Å². The van der Waals surface area contributed by atoms with Gasteiger partial charge in [0.05, 0.1) is 18.7 Å². The third-order valence-electron chi connectivity index (χ3n) is 2.33. The van der Waals surface area contributed by atoms with Gasteiger partial charge >= 0.3 is 5.97 Å². The van der Waals surface area contributed by atoms with Gasteiger partial charge in [0.2, 0.25) is 5.91 Å². The second-order valence-electron chi connectivity index (χ2n) is 3.80. The van der Waals surface area contributed by atoms with E-state index in [0.29, 0.717) is 11.3 Å². The van der Waals surface area contributed by atoms with E-state index < -0.39 is 12.0 Å². The average molecular weight is 236 g/mol. The molecule has 0 aliphatic heterocycles. The molecule has 0 aromatic heterocycles. The van der Waals surface area contributed by atoms with E-state index in [-0.39, 0.29) is 5.91 Å². The van der Waals surface area contributed by atoms with Gasteiger partial charge in [0.15, 0.2) is 0 Å². The third kappa shape index (κ3) is 3.29. The number of carbonyl (C=O) groups is 2. The molecular formula is C12H16N2O3. The molecule has 0 heterocycles. The van der Waals surface area contributed by atoms with E-state index in [1.165, 1.54) is 7.11 Å². The molecule has 1 aromatic carbocycles. The third-order valence-corrected chi connectivity index (χ3v) is 2.33. The van der Waals surface area contributed by atoms with Crippen molar-refractivity contribution in [2.24, 2.45) is 5.73 Å². The van der Waals surface area contributed by atoms with Crippen LogP contribution in [0.3, 0.4) is 0 Å². The van der Waals surface area contributed by atoms with Gasteiger partial charge in [-0.2, -0.15) is 0 Å². The molecule has 17 heavy (non-hydrogen) atoms. The van der Waals surface area contributed by atoms with E-state index in [9.17, 15) is 9.59 Å². The van der Waals surface area contributed by atoms with Crippen molar-refractivity contribution in [3.05, 3.63) is 29.3 Å². The van der Waals surface area contributed by atoms with E-state index in [0.717, 1.165) is 5.56 Å². The minimum atomic E-state index is -0.601. The highest BCUT2D eigenvalue weighted by atomic mass is 16.5. The summed E-state index contributed by atoms with van der Waals surface area (Å²) in [6.07, 6.45) is 0. The number of rotatable bonds is 3. The maximum atomic E-state index is 11.5. The molecule has 1 rings (SSSR count). The van der Waals surface area contributed by atoms with E-state index >= 15 is 0 Å². The Labute approximate surface area is 99.9 Å². The Morgan fingerprint density at radius 1 is 1.41 bits per heavy atom. The number of ether oxygens (including phenoxy) is 1. The predicted molar refractivity (Wildman–Crippen MR) is 64.8 cm³/mol. The summed E-state index contributed by atoms with van der Waals surface area (Å²) in [4.78, 5) is 22.8. The molecule has 1 aromatic rings. The minimum absolute atomic E-state index is 0.296. The van der Waals surface area contributed by atoms with Gasteiger partial charge in [-0.05, 0) is 31.5 Å². The zero-order valence-corrected chi connectivity index (χ0v) is 10.1. The molecule has 0 spiro atoms. The lowest BCUT2D eigenvalue weighted by molar-refractivity contribution is -0.117. The number of methoxy groups -OCH3 is 1. The quantitative estimate of drug-likeness (QED) is 0.769. The lowest BCUT2D eigenvalue weighted by atomic mass is 10.1. The Hall–Kier alpha value is -1.88. The lowest BCUT2D eigenvalue weighted by Gasteiger charge is -2.11. The molecule has 0 saturated heterocycles. The van der Waals surface area contributed by atoms with E-state index in [4.69, 9.17) is 5.73 Å². The Morgan fingerprint density at radius 2 is 2.06 bits per heavy atom. The zero-order chi connectivity index (χ0) is 13.0. The Bertz CT molecular complexity index is 441. The largest absolute Gasteiger partial charge is 0.465 e. The first-order valence-electron chi connectivity index (χ1n) is 5.21. The van der Waals surface area contributed by atoms with Crippen LogP contribution >= 0.6 is 0 Å². The van der Waals surface area contributed by atoms with Crippen LogP contribution < -0.4 is 11.1 Å². The number of anilines is 1. The summed E-state index contributed by atoms with van der Waals surface area (Å²) < 4.78 is 4.61. The molecule has 0 radical (unpaired) electrons. The summed E-state index contributed by atoms with van der Waals surface area (Å²) in [6, 6.07) is 4.35. The number of hydrogen-bond acceptors (Lipinski definition) is 4. The van der Waals surface area contributed by atoms with Crippen LogP contribution in [-0.4, -0.2) is 25.0 Å². The van der Waals surface area contributed by atoms with Crippen LogP contribution in [-0.2, 0) is 9.53 Å². The first kappa shape index (κ1) is 13.2. The summed E-state index contributed by atoms with van der Waals surface area (Å²) in [6.45, 7) is 3.42. The van der Waals surface area contributed by atoms with E-state index in [2.05, 4.69) is 10.1 Å². The van der Waals surface area contributed by atoms with E-state index in [1.807, 2.05) is 6.92 Å². The van der Waals surface area contributed by atoms with Crippen LogP contribution in [0.1, 0.15) is 22.8 Å². The molecule has 0 aliphatic carbocycles. The summed E-state index contributed by atoms with van der Waals surface area (Å²) in [7, 11) is 1.31. The van der Waals surface area contributed by atoms with Crippen molar-refractivity contribution in [3.8, 4) is 0 Å². The van der Waals surface area contributed by atoms with Crippen molar-refractivity contribution >= 4 is 17.6 Å². The monoisotopic (exact) mass is 236 g/mol. The standard InChI is InChI=1S/C12H16N2O3/c1-7-4-5-9(12(16)17-3)6-10(7)14-11(15)8(2)13/h4-6,8H,13H2,1-3H3,(H,14,15)/t8-/m0/s1. The maximum absolute atomic E-state index is 11.5. The van der Waals surface area contributed by atoms with Crippen molar-refractivity contribution < 1.29 is 14.3 Å². The number of carbonyl (C=O) groups excluding carboxylic acids is 2. The van der Waals surface area contributed by atoms with Crippen molar-refractivity contribution in [3.63, 3.8) is 0 Å². The summed E-state index contributed by atoms with van der Waals surface area (Å²) in [5.41, 5.74) is 7.26. The summed E-state index contributed by atoms with van der Waals surface area (Å²) in [5, 5.41) is 2.66. The van der Waals surface area contributed by atoms with Crippen molar-refractivity contribution in [1.29, 1.82) is 0 Å². The number of benzene rings is 1. The minimum Gasteiger partial charge on any atom is -0.465 e. The molecule has 3 N–H and O–H groups in total. The molecule has 1 amide bonds. The number of aryl methyl sites for hydroxylation is 1. The highest BCUT2D eigenvalue weighted by Crippen LogP contribution is 2.17. The molecule has 5 nitrogen and oxygen atoms in total. The van der Waals surface area contributed by atoms with Gasteiger partial charge < -0.3 is 15.8 Å². The van der Waals surface area contributed by atoms with Crippen LogP contribution in [0.15, 0.2) is 18.2 Å². The fraction of sp³-hybridized carbons (Fsp3) is 0.333. The molecular weight excluding hydrogens is 220 g/mol. The molecule has 0 unspecified atom stereocenters. The Kier molecular flexibility index (Phi) is 4.23. The zero-order valence-electron chi connectivity index (χ0n) is 10.1. The molecule has 92 valence electrons. The molecule has 0 bridgehead atoms. The van der Waals surface area contributed by atoms with Gasteiger partial charge in [0.1, 0.15) is 0 Å². The number of esters is 1. The van der Waals surface area contributed by atoms with Crippen molar-refractivity contribution in [1.82, 2.24) is 0 Å². The number of nitrogens with one attached hydrogen (secondary N) is 1. The number of amides is 1. The van der Waals surface area contributed by atoms with Crippen LogP contribution in [0.5, 0.6) is 0 Å². The van der Waals surface area contributed by atoms with E-state index in [1.54, 1.807) is 25.1 Å². The highest BCUT2D eigenvalue weighted by Gasteiger charge is 2.12. The average Bonchev–Trinajstić information content (AvgIpc) is 2.30. The predicted octanol–water partition coefficient (Wildman–Crippen LogP) is 1.07. The van der Waals surface area contributed by atoms with Gasteiger partial charge in [-0.1, -0.05) is 6.07 Å². The summed E-state index contributed by atoms with van der Waals surface area (Å²) >= 11 is 0. The van der Waals surface area contributed by atoms with Crippen LogP contribution in [0.25, 0.3) is 0 Å². The maximum Gasteiger partial charge on any atom is 0.337 e. The Balaban J connectivity index is 2.99. The number of nitrogens with two attached hydrogens (primary N) is 1. The van der Waals surface area contributed by atoms with Crippen molar-refractivity contribution in [2.75, 3.05) is 12.4 Å². The smallest absolute Gasteiger partial charge is 0.337 e. The Morgan fingerprint density at radius 3 is 2.59 bits per heavy atom. The summed E-state index contributed by atoms with van der Waals surface area (Å²) in [5.74, 6) is -0.739. The molecule has 0 saturated carbocycles. The lowest BCUT2D eigenvalue weighted by Crippen LogP contribution is -2.32. The topological polar surface area (TPSA) is 81.4 Å². The molecule has 5 heteroatoms. The van der Waals surface area contributed by atoms with Gasteiger partial charge in [-0.15, -0.1) is 0 Å². The van der Waals surface area contributed by atoms with Crippen molar-refractivity contribution in [2.45, 2.75) is 19.9 Å². The SMILES string of the molecule is COC(=O)c1ccc(C)c(NC(=O)[C@H](C)N)c1. The first-order valence-corrected chi connectivity index (χ1v) is 5.21. The van der Waals surface area contributed by atoms with Crippen LogP contribution in [0, 0.1) is 6.92 Å². The fourth-order valence-electron chi connectivity index (χ4n) is 1.25. The van der Waals surface area contributed by atoms with Gasteiger partial charge in [0.25, 0.3) is 0 Å². The second-order valence-corrected chi connectivity index (χ2v) is 3.80. The second kappa shape index (κ2) is 5.45. The first-order chi connectivity index (χ1) is 7.95. The molecule has 0 aliphatic rings. The number of hydrogen-bond donors (Lipinski definition) is 2. The van der Waals surface area contributed by atoms with Crippen LogP contribution in [0.4, 0.5) is 5.69 Å².